The third-order valence-corrected chi connectivity index (χ3v) is 4.10. The van der Waals surface area contributed by atoms with Crippen LogP contribution in [-0.4, -0.2) is 6.29 Å². The molecule has 0 bridgehead atoms. The van der Waals surface area contributed by atoms with Gasteiger partial charge in [0, 0.05) is 5.56 Å². The fourth-order valence-electron chi connectivity index (χ4n) is 3.08. The Morgan fingerprint density at radius 3 is 2.00 bits per heavy atom. The van der Waals surface area contributed by atoms with Crippen LogP contribution in [0.2, 0.25) is 0 Å². The molecule has 0 spiro atoms. The molecule has 0 aromatic heterocycles. The Labute approximate surface area is 128 Å². The summed E-state index contributed by atoms with van der Waals surface area (Å²) in [5.41, 5.74) is 2.98. The molecule has 0 saturated heterocycles. The van der Waals surface area contributed by atoms with Gasteiger partial charge in [-0.2, -0.15) is 0 Å². The van der Waals surface area contributed by atoms with Crippen molar-refractivity contribution < 1.29 is 4.79 Å². The number of aldehydes is 1. The number of hydrogen-bond donors (Lipinski definition) is 0. The predicted molar refractivity (Wildman–Crippen MR) is 92.3 cm³/mol. The lowest BCUT2D eigenvalue weighted by atomic mass is 9.92. The molecule has 4 aromatic rings. The Balaban J connectivity index is 2.14. The number of fused-ring (bicyclic) bond motifs is 2. The second kappa shape index (κ2) is 5.12. The van der Waals surface area contributed by atoms with E-state index < -0.39 is 0 Å². The second-order valence-electron chi connectivity index (χ2n) is 5.43. The van der Waals surface area contributed by atoms with Crippen LogP contribution in [0.15, 0.2) is 78.9 Å². The Morgan fingerprint density at radius 1 is 0.591 bits per heavy atom. The zero-order valence-electron chi connectivity index (χ0n) is 12.0. The van der Waals surface area contributed by atoms with E-state index in [1.165, 1.54) is 16.2 Å². The molecule has 0 aliphatic rings. The molecule has 4 aromatic carbocycles. The molecule has 1 nitrogen and oxygen atoms in total. The summed E-state index contributed by atoms with van der Waals surface area (Å²) in [4.78, 5) is 11.3. The van der Waals surface area contributed by atoms with Crippen LogP contribution in [0.25, 0.3) is 32.7 Å². The minimum Gasteiger partial charge on any atom is -0.298 e. The van der Waals surface area contributed by atoms with Crippen molar-refractivity contribution in [3.8, 4) is 11.1 Å². The summed E-state index contributed by atoms with van der Waals surface area (Å²) in [7, 11) is 0. The average molecular weight is 282 g/mol. The van der Waals surface area contributed by atoms with E-state index in [-0.39, 0.29) is 0 Å². The molecule has 0 fully saturated rings. The molecular formula is C21H14O. The highest BCUT2D eigenvalue weighted by Crippen LogP contribution is 2.34. The summed E-state index contributed by atoms with van der Waals surface area (Å²) in [6.45, 7) is 0. The Bertz CT molecular complexity index is 993. The smallest absolute Gasteiger partial charge is 0.150 e. The standard InChI is InChI=1S/C21H14O/c22-14-15-12-17-7-2-4-10-19(17)21(13-15)20-11-5-8-16-6-1-3-9-18(16)20/h1-14H. The van der Waals surface area contributed by atoms with Crippen molar-refractivity contribution in [2.75, 3.05) is 0 Å². The molecule has 4 rings (SSSR count). The van der Waals surface area contributed by atoms with Crippen molar-refractivity contribution >= 4 is 27.8 Å². The van der Waals surface area contributed by atoms with E-state index in [0.29, 0.717) is 5.56 Å². The minimum atomic E-state index is 0.710. The first-order valence-electron chi connectivity index (χ1n) is 7.33. The quantitative estimate of drug-likeness (QED) is 0.445. The highest BCUT2D eigenvalue weighted by Gasteiger charge is 2.09. The van der Waals surface area contributed by atoms with Crippen LogP contribution in [-0.2, 0) is 0 Å². The number of carbonyl (C=O) groups is 1. The van der Waals surface area contributed by atoms with Crippen LogP contribution >= 0.6 is 0 Å². The van der Waals surface area contributed by atoms with Gasteiger partial charge >= 0.3 is 0 Å². The molecule has 0 heterocycles. The molecule has 1 heteroatoms. The normalized spacial score (nSPS) is 10.9. The van der Waals surface area contributed by atoms with Gasteiger partial charge in [0.1, 0.15) is 6.29 Å². The van der Waals surface area contributed by atoms with E-state index in [0.717, 1.165) is 22.8 Å². The molecule has 0 saturated carbocycles. The Morgan fingerprint density at radius 2 is 1.23 bits per heavy atom. The molecule has 104 valence electrons. The van der Waals surface area contributed by atoms with Gasteiger partial charge in [-0.1, -0.05) is 66.7 Å². The van der Waals surface area contributed by atoms with Crippen LogP contribution in [0.3, 0.4) is 0 Å². The first kappa shape index (κ1) is 12.8. The zero-order chi connectivity index (χ0) is 14.9. The number of hydrogen-bond acceptors (Lipinski definition) is 1. The van der Waals surface area contributed by atoms with Crippen LogP contribution in [0.1, 0.15) is 10.4 Å². The molecule has 0 N–H and O–H groups in total. The van der Waals surface area contributed by atoms with Crippen molar-refractivity contribution in [3.05, 3.63) is 84.4 Å². The topological polar surface area (TPSA) is 17.1 Å². The molecule has 0 aliphatic carbocycles. The first-order chi connectivity index (χ1) is 10.9. The predicted octanol–water partition coefficient (Wildman–Crippen LogP) is 5.47. The highest BCUT2D eigenvalue weighted by atomic mass is 16.1. The van der Waals surface area contributed by atoms with Gasteiger partial charge in [0.15, 0.2) is 0 Å². The van der Waals surface area contributed by atoms with Crippen molar-refractivity contribution in [3.63, 3.8) is 0 Å². The largest absolute Gasteiger partial charge is 0.298 e. The molecule has 22 heavy (non-hydrogen) atoms. The molecule has 0 amide bonds. The summed E-state index contributed by atoms with van der Waals surface area (Å²) in [5, 5.41) is 4.68. The summed E-state index contributed by atoms with van der Waals surface area (Å²) >= 11 is 0. The van der Waals surface area contributed by atoms with Gasteiger partial charge < -0.3 is 0 Å². The van der Waals surface area contributed by atoms with E-state index in [4.69, 9.17) is 0 Å². The van der Waals surface area contributed by atoms with Crippen molar-refractivity contribution in [2.24, 2.45) is 0 Å². The van der Waals surface area contributed by atoms with Crippen molar-refractivity contribution in [1.29, 1.82) is 0 Å². The molecular weight excluding hydrogens is 268 g/mol. The molecule has 0 unspecified atom stereocenters. The van der Waals surface area contributed by atoms with Crippen LogP contribution in [0.4, 0.5) is 0 Å². The molecule has 0 atom stereocenters. The van der Waals surface area contributed by atoms with E-state index in [1.54, 1.807) is 0 Å². The van der Waals surface area contributed by atoms with E-state index in [9.17, 15) is 4.79 Å². The van der Waals surface area contributed by atoms with Crippen LogP contribution < -0.4 is 0 Å². The Kier molecular flexibility index (Phi) is 2.97. The lowest BCUT2D eigenvalue weighted by Gasteiger charge is -2.11. The average Bonchev–Trinajstić information content (AvgIpc) is 2.60. The van der Waals surface area contributed by atoms with Crippen LogP contribution in [0, 0.1) is 0 Å². The van der Waals surface area contributed by atoms with Crippen molar-refractivity contribution in [1.82, 2.24) is 0 Å². The summed E-state index contributed by atoms with van der Waals surface area (Å²) in [5.74, 6) is 0. The van der Waals surface area contributed by atoms with E-state index in [2.05, 4.69) is 48.5 Å². The lowest BCUT2D eigenvalue weighted by Crippen LogP contribution is -1.88. The summed E-state index contributed by atoms with van der Waals surface area (Å²) in [6, 6.07) is 26.8. The first-order valence-corrected chi connectivity index (χ1v) is 7.33. The maximum Gasteiger partial charge on any atom is 0.150 e. The monoisotopic (exact) mass is 282 g/mol. The SMILES string of the molecule is O=Cc1cc(-c2cccc3ccccc23)c2ccccc2c1. The van der Waals surface area contributed by atoms with Gasteiger partial charge in [-0.15, -0.1) is 0 Å². The third kappa shape index (κ3) is 1.99. The van der Waals surface area contributed by atoms with Gasteiger partial charge in [-0.25, -0.2) is 0 Å². The van der Waals surface area contributed by atoms with Gasteiger partial charge in [0.05, 0.1) is 0 Å². The summed E-state index contributed by atoms with van der Waals surface area (Å²) < 4.78 is 0. The number of rotatable bonds is 2. The zero-order valence-corrected chi connectivity index (χ0v) is 12.0. The van der Waals surface area contributed by atoms with Crippen LogP contribution in [0.5, 0.6) is 0 Å². The van der Waals surface area contributed by atoms with E-state index >= 15 is 0 Å². The lowest BCUT2D eigenvalue weighted by molar-refractivity contribution is 0.112. The van der Waals surface area contributed by atoms with Gasteiger partial charge in [0.2, 0.25) is 0 Å². The molecule has 0 aliphatic heterocycles. The number of carbonyl (C=O) groups excluding carboxylic acids is 1. The van der Waals surface area contributed by atoms with E-state index in [1.807, 2.05) is 30.3 Å². The van der Waals surface area contributed by atoms with Gasteiger partial charge in [-0.3, -0.25) is 4.79 Å². The second-order valence-corrected chi connectivity index (χ2v) is 5.43. The fraction of sp³-hybridized carbons (Fsp3) is 0. The van der Waals surface area contributed by atoms with Gasteiger partial charge in [0.25, 0.3) is 0 Å². The fourth-order valence-corrected chi connectivity index (χ4v) is 3.08. The summed E-state index contributed by atoms with van der Waals surface area (Å²) in [6.07, 6.45) is 0.918. The Hall–Kier alpha value is -2.93. The number of benzene rings is 4. The minimum absolute atomic E-state index is 0.710. The maximum absolute atomic E-state index is 11.3. The highest BCUT2D eigenvalue weighted by molar-refractivity contribution is 6.07. The maximum atomic E-state index is 11.3. The van der Waals surface area contributed by atoms with Crippen molar-refractivity contribution in [2.45, 2.75) is 0 Å². The third-order valence-electron chi connectivity index (χ3n) is 4.10. The molecule has 0 radical (unpaired) electrons. The van der Waals surface area contributed by atoms with Gasteiger partial charge in [-0.05, 0) is 44.8 Å².